The van der Waals surface area contributed by atoms with E-state index in [1.807, 2.05) is 27.7 Å². The first-order valence-corrected chi connectivity index (χ1v) is 6.43. The van der Waals surface area contributed by atoms with Gasteiger partial charge in [0.15, 0.2) is 0 Å². The third-order valence-corrected chi connectivity index (χ3v) is 2.79. The maximum atomic E-state index is 5.18. The molecule has 14 heavy (non-hydrogen) atoms. The van der Waals surface area contributed by atoms with Gasteiger partial charge in [-0.25, -0.2) is 0 Å². The van der Waals surface area contributed by atoms with Crippen LogP contribution in [-0.2, 0) is 17.7 Å². The van der Waals surface area contributed by atoms with Gasteiger partial charge in [0, 0.05) is 26.4 Å². The smallest absolute Gasteiger partial charge is 0.419 e. The molecule has 0 unspecified atom stereocenters. The molecule has 0 bridgehead atoms. The predicted molar refractivity (Wildman–Crippen MR) is 58.0 cm³/mol. The minimum atomic E-state index is -1.40. The third-order valence-electron chi connectivity index (χ3n) is 0.931. The summed E-state index contributed by atoms with van der Waals surface area (Å²) in [5.41, 5.74) is 0. The monoisotopic (exact) mass is 236 g/mol. The Morgan fingerprint density at radius 3 is 1.21 bits per heavy atom. The van der Waals surface area contributed by atoms with Gasteiger partial charge in [0.05, 0.1) is 0 Å². The van der Waals surface area contributed by atoms with Gasteiger partial charge in [-0.2, -0.15) is 0 Å². The lowest BCUT2D eigenvalue weighted by atomic mass is 10.9. The van der Waals surface area contributed by atoms with E-state index in [4.69, 9.17) is 13.3 Å². The molecule has 0 aromatic rings. The van der Waals surface area contributed by atoms with Crippen molar-refractivity contribution in [2.24, 2.45) is 0 Å². The zero-order valence-corrected chi connectivity index (χ0v) is 11.5. The Balaban J connectivity index is 0. The van der Waals surface area contributed by atoms with Crippen LogP contribution in [0.3, 0.4) is 0 Å². The Labute approximate surface area is 92.4 Å². The Kier molecular flexibility index (Phi) is 18.8. The van der Waals surface area contributed by atoms with Crippen molar-refractivity contribution < 1.29 is 17.7 Å². The standard InChI is InChI=1S/C6H15O3Si.C2H5OSi/c1-4-7-10(8-5-2)9-6-3;1-2-3-4/h4-6H2,1-3H3;2H2,1H3. The molecular weight excluding hydrogens is 216 g/mol. The van der Waals surface area contributed by atoms with Gasteiger partial charge >= 0.3 is 9.53 Å². The molecule has 0 N–H and O–H groups in total. The van der Waals surface area contributed by atoms with Gasteiger partial charge in [0.25, 0.3) is 0 Å². The van der Waals surface area contributed by atoms with Crippen molar-refractivity contribution in [2.45, 2.75) is 27.7 Å². The van der Waals surface area contributed by atoms with E-state index in [1.165, 1.54) is 0 Å². The van der Waals surface area contributed by atoms with E-state index in [9.17, 15) is 0 Å². The summed E-state index contributed by atoms with van der Waals surface area (Å²) < 4.78 is 19.9. The quantitative estimate of drug-likeness (QED) is 0.622. The second kappa shape index (κ2) is 15.7. The highest BCUT2D eigenvalue weighted by Crippen LogP contribution is 1.90. The van der Waals surface area contributed by atoms with Gasteiger partial charge in [-0.05, 0) is 27.7 Å². The van der Waals surface area contributed by atoms with Crippen LogP contribution < -0.4 is 0 Å². The topological polar surface area (TPSA) is 36.9 Å². The maximum absolute atomic E-state index is 5.18. The first-order valence-electron chi connectivity index (χ1n) is 4.80. The van der Waals surface area contributed by atoms with Crippen molar-refractivity contribution in [1.82, 2.24) is 0 Å². The van der Waals surface area contributed by atoms with Gasteiger partial charge in [-0.1, -0.05) is 0 Å². The highest BCUT2D eigenvalue weighted by atomic mass is 28.3. The molecule has 0 aromatic carbocycles. The molecule has 0 saturated heterocycles. The average molecular weight is 236 g/mol. The van der Waals surface area contributed by atoms with Crippen LogP contribution in [0.1, 0.15) is 27.7 Å². The summed E-state index contributed by atoms with van der Waals surface area (Å²) >= 11 is 0. The fourth-order valence-electron chi connectivity index (χ4n) is 0.479. The molecule has 4 radical (unpaired) electrons. The Morgan fingerprint density at radius 2 is 1.07 bits per heavy atom. The van der Waals surface area contributed by atoms with E-state index >= 15 is 0 Å². The minimum absolute atomic E-state index is 0.661. The van der Waals surface area contributed by atoms with Crippen molar-refractivity contribution in [3.63, 3.8) is 0 Å². The number of rotatable bonds is 7. The number of hydrogen-bond acceptors (Lipinski definition) is 4. The molecule has 0 saturated carbocycles. The van der Waals surface area contributed by atoms with Gasteiger partial charge in [-0.15, -0.1) is 0 Å². The lowest BCUT2D eigenvalue weighted by Crippen LogP contribution is -2.27. The highest BCUT2D eigenvalue weighted by Gasteiger charge is 2.15. The van der Waals surface area contributed by atoms with Crippen molar-refractivity contribution in [1.29, 1.82) is 0 Å². The molecule has 6 heteroatoms. The Bertz CT molecular complexity index is 79.1. The fraction of sp³-hybridized carbons (Fsp3) is 1.00. The fourth-order valence-corrected chi connectivity index (χ4v) is 1.44. The zero-order chi connectivity index (χ0) is 11.2. The molecule has 0 heterocycles. The second-order valence-corrected chi connectivity index (χ2v) is 3.64. The van der Waals surface area contributed by atoms with Gasteiger partial charge < -0.3 is 17.7 Å². The zero-order valence-electron chi connectivity index (χ0n) is 9.46. The summed E-state index contributed by atoms with van der Waals surface area (Å²) in [5.74, 6) is 0. The van der Waals surface area contributed by atoms with Crippen molar-refractivity contribution in [2.75, 3.05) is 26.4 Å². The van der Waals surface area contributed by atoms with Crippen molar-refractivity contribution >= 4 is 20.0 Å². The molecule has 0 aliphatic rings. The van der Waals surface area contributed by atoms with Crippen molar-refractivity contribution in [3.05, 3.63) is 0 Å². The molecule has 0 spiro atoms. The Morgan fingerprint density at radius 1 is 0.786 bits per heavy atom. The largest absolute Gasteiger partial charge is 0.577 e. The summed E-state index contributed by atoms with van der Waals surface area (Å²) in [7, 11) is 1.39. The molecule has 0 aliphatic heterocycles. The average Bonchev–Trinajstić information content (AvgIpc) is 2.20. The molecule has 0 atom stereocenters. The summed E-state index contributed by atoms with van der Waals surface area (Å²) in [6, 6.07) is 0. The van der Waals surface area contributed by atoms with Gasteiger partial charge in [-0.3, -0.25) is 0 Å². The summed E-state index contributed by atoms with van der Waals surface area (Å²) in [5, 5.41) is 0. The molecule has 0 fully saturated rings. The van der Waals surface area contributed by atoms with Crippen LogP contribution in [0.25, 0.3) is 0 Å². The van der Waals surface area contributed by atoms with Crippen LogP contribution in [-0.4, -0.2) is 46.4 Å². The van der Waals surface area contributed by atoms with E-state index in [-0.39, 0.29) is 0 Å². The van der Waals surface area contributed by atoms with Crippen LogP contribution in [0.2, 0.25) is 0 Å². The van der Waals surface area contributed by atoms with Crippen LogP contribution in [0.15, 0.2) is 0 Å². The molecule has 4 nitrogen and oxygen atoms in total. The van der Waals surface area contributed by atoms with E-state index in [1.54, 1.807) is 0 Å². The van der Waals surface area contributed by atoms with Crippen LogP contribution >= 0.6 is 0 Å². The highest BCUT2D eigenvalue weighted by molar-refractivity contribution is 6.36. The second-order valence-electron chi connectivity index (χ2n) is 1.98. The first kappa shape index (κ1) is 16.7. The van der Waals surface area contributed by atoms with E-state index in [0.29, 0.717) is 19.8 Å². The SMILES string of the molecule is CCO[Si].CCO[Si](OCC)OCC. The van der Waals surface area contributed by atoms with Gasteiger partial charge in [0.2, 0.25) is 10.5 Å². The van der Waals surface area contributed by atoms with E-state index in [0.717, 1.165) is 6.61 Å². The molecule has 0 aromatic heterocycles. The lowest BCUT2D eigenvalue weighted by Gasteiger charge is -2.10. The predicted octanol–water partition coefficient (Wildman–Crippen LogP) is 1.19. The molecule has 0 amide bonds. The van der Waals surface area contributed by atoms with Gasteiger partial charge in [0.1, 0.15) is 0 Å². The summed E-state index contributed by atoms with van der Waals surface area (Å²) in [6.07, 6.45) is 0. The first-order chi connectivity index (χ1) is 6.76. The van der Waals surface area contributed by atoms with Crippen LogP contribution in [0.4, 0.5) is 0 Å². The number of hydrogen-bond donors (Lipinski definition) is 0. The summed E-state index contributed by atoms with van der Waals surface area (Å²) in [4.78, 5) is 0. The van der Waals surface area contributed by atoms with E-state index in [2.05, 4.69) is 14.9 Å². The van der Waals surface area contributed by atoms with Crippen LogP contribution in [0.5, 0.6) is 0 Å². The maximum Gasteiger partial charge on any atom is 0.577 e. The Hall–Kier alpha value is 0.274. The molecule has 0 rings (SSSR count). The van der Waals surface area contributed by atoms with Crippen molar-refractivity contribution in [3.8, 4) is 0 Å². The minimum Gasteiger partial charge on any atom is -0.419 e. The normalized spacial score (nSPS) is 9.86. The lowest BCUT2D eigenvalue weighted by molar-refractivity contribution is 0.107. The molecule has 0 aliphatic carbocycles. The third kappa shape index (κ3) is 14.8. The molecule has 84 valence electrons. The van der Waals surface area contributed by atoms with Crippen LogP contribution in [0, 0.1) is 0 Å². The summed E-state index contributed by atoms with van der Waals surface area (Å²) in [6.45, 7) is 10.4. The molecular formula is C8H20O4Si2. The van der Waals surface area contributed by atoms with E-state index < -0.39 is 9.53 Å².